The molecule has 150 valence electrons. The average Bonchev–Trinajstić information content (AvgIpc) is 2.63. The maximum Gasteiger partial charge on any atom is 0.335 e. The Balaban J connectivity index is 1.96. The summed E-state index contributed by atoms with van der Waals surface area (Å²) in [6.07, 6.45) is 0. The van der Waals surface area contributed by atoms with Crippen LogP contribution in [0.3, 0.4) is 0 Å². The molecule has 28 heavy (non-hydrogen) atoms. The lowest BCUT2D eigenvalue weighted by atomic mass is 10.1. The van der Waals surface area contributed by atoms with E-state index in [1.54, 1.807) is 37.4 Å². The molecule has 0 heterocycles. The third-order valence-corrected chi connectivity index (χ3v) is 3.73. The van der Waals surface area contributed by atoms with Crippen LogP contribution in [0.1, 0.15) is 36.7 Å². The van der Waals surface area contributed by atoms with Gasteiger partial charge in [-0.2, -0.15) is 0 Å². The number of hydrogen-bond acceptors (Lipinski definition) is 5. The van der Waals surface area contributed by atoms with Crippen molar-refractivity contribution in [2.24, 2.45) is 0 Å². The first-order valence-electron chi connectivity index (χ1n) is 8.86. The van der Waals surface area contributed by atoms with Gasteiger partial charge in [0.05, 0.1) is 12.7 Å². The lowest BCUT2D eigenvalue weighted by Crippen LogP contribution is -2.43. The van der Waals surface area contributed by atoms with Crippen LogP contribution in [0.2, 0.25) is 0 Å². The number of methoxy groups -OCH3 is 1. The Bertz CT molecular complexity index is 826. The molecule has 0 saturated carbocycles. The molecule has 1 amide bonds. The van der Waals surface area contributed by atoms with Crippen molar-refractivity contribution in [2.45, 2.75) is 32.9 Å². The number of nitrogens with one attached hydrogen (secondary N) is 2. The van der Waals surface area contributed by atoms with Crippen molar-refractivity contribution < 1.29 is 24.2 Å². The molecule has 0 aliphatic carbocycles. The summed E-state index contributed by atoms with van der Waals surface area (Å²) in [7, 11) is 1.54. The van der Waals surface area contributed by atoms with Gasteiger partial charge in [-0.25, -0.2) is 4.79 Å². The fourth-order valence-electron chi connectivity index (χ4n) is 2.47. The zero-order chi connectivity index (χ0) is 20.7. The second-order valence-corrected chi connectivity index (χ2v) is 7.31. The van der Waals surface area contributed by atoms with E-state index in [0.29, 0.717) is 18.0 Å². The number of ether oxygens (including phenoxy) is 2. The summed E-state index contributed by atoms with van der Waals surface area (Å²) < 4.78 is 10.9. The molecule has 0 atom stereocenters. The van der Waals surface area contributed by atoms with Crippen LogP contribution >= 0.6 is 0 Å². The SMILES string of the molecule is COc1cc(CNc2ccc(C(=O)O)cc2)ccc1OCC(=O)NC(C)(C)C. The van der Waals surface area contributed by atoms with Gasteiger partial charge in [-0.3, -0.25) is 4.79 Å². The van der Waals surface area contributed by atoms with Crippen LogP contribution in [-0.2, 0) is 11.3 Å². The third kappa shape index (κ3) is 6.50. The molecule has 0 saturated heterocycles. The van der Waals surface area contributed by atoms with E-state index in [4.69, 9.17) is 14.6 Å². The molecule has 3 N–H and O–H groups in total. The van der Waals surface area contributed by atoms with Crippen LogP contribution in [0.4, 0.5) is 5.69 Å². The Hall–Kier alpha value is -3.22. The topological polar surface area (TPSA) is 96.9 Å². The Morgan fingerprint density at radius 1 is 1.04 bits per heavy atom. The van der Waals surface area contributed by atoms with Crippen molar-refractivity contribution in [1.29, 1.82) is 0 Å². The summed E-state index contributed by atoms with van der Waals surface area (Å²) in [4.78, 5) is 22.8. The summed E-state index contributed by atoms with van der Waals surface area (Å²) in [5, 5.41) is 15.0. The minimum absolute atomic E-state index is 0.0961. The quantitative estimate of drug-likeness (QED) is 0.644. The molecule has 0 aliphatic rings. The van der Waals surface area contributed by atoms with Gasteiger partial charge in [0.1, 0.15) is 0 Å². The molecular formula is C21H26N2O5. The zero-order valence-corrected chi connectivity index (χ0v) is 16.5. The number of carbonyl (C=O) groups is 2. The van der Waals surface area contributed by atoms with E-state index < -0.39 is 5.97 Å². The number of aromatic carboxylic acids is 1. The summed E-state index contributed by atoms with van der Waals surface area (Å²) in [5.74, 6) is -0.140. The van der Waals surface area contributed by atoms with Crippen molar-refractivity contribution in [3.05, 3.63) is 53.6 Å². The predicted octanol–water partition coefficient (Wildman–Crippen LogP) is 3.30. The Morgan fingerprint density at radius 3 is 2.29 bits per heavy atom. The smallest absolute Gasteiger partial charge is 0.335 e. The second-order valence-electron chi connectivity index (χ2n) is 7.31. The van der Waals surface area contributed by atoms with Crippen LogP contribution in [0.5, 0.6) is 11.5 Å². The largest absolute Gasteiger partial charge is 0.493 e. The van der Waals surface area contributed by atoms with Crippen LogP contribution in [-0.4, -0.2) is 36.2 Å². The van der Waals surface area contributed by atoms with E-state index in [-0.39, 0.29) is 23.6 Å². The highest BCUT2D eigenvalue weighted by Gasteiger charge is 2.15. The molecule has 0 spiro atoms. The normalized spacial score (nSPS) is 10.9. The van der Waals surface area contributed by atoms with Gasteiger partial charge in [-0.05, 0) is 62.7 Å². The molecule has 0 bridgehead atoms. The highest BCUT2D eigenvalue weighted by Crippen LogP contribution is 2.28. The number of amides is 1. The molecule has 0 radical (unpaired) electrons. The van der Waals surface area contributed by atoms with Gasteiger partial charge < -0.3 is 25.2 Å². The van der Waals surface area contributed by atoms with Crippen LogP contribution in [0.25, 0.3) is 0 Å². The molecule has 0 fully saturated rings. The molecular weight excluding hydrogens is 360 g/mol. The number of anilines is 1. The molecule has 2 aromatic rings. The van der Waals surface area contributed by atoms with E-state index in [1.807, 2.05) is 32.9 Å². The van der Waals surface area contributed by atoms with Crippen LogP contribution < -0.4 is 20.1 Å². The second kappa shape index (κ2) is 9.12. The average molecular weight is 386 g/mol. The molecule has 7 nitrogen and oxygen atoms in total. The third-order valence-electron chi connectivity index (χ3n) is 3.73. The van der Waals surface area contributed by atoms with Crippen molar-refractivity contribution in [1.82, 2.24) is 5.32 Å². The van der Waals surface area contributed by atoms with Crippen molar-refractivity contribution >= 4 is 17.6 Å². The highest BCUT2D eigenvalue weighted by molar-refractivity contribution is 5.88. The minimum atomic E-state index is -0.956. The summed E-state index contributed by atoms with van der Waals surface area (Å²) in [5.41, 5.74) is 1.68. The summed E-state index contributed by atoms with van der Waals surface area (Å²) >= 11 is 0. The summed E-state index contributed by atoms with van der Waals surface area (Å²) in [6.45, 7) is 6.14. The van der Waals surface area contributed by atoms with Gasteiger partial charge in [-0.15, -0.1) is 0 Å². The van der Waals surface area contributed by atoms with Gasteiger partial charge in [0.25, 0.3) is 5.91 Å². The first-order valence-corrected chi connectivity index (χ1v) is 8.86. The molecule has 0 aromatic heterocycles. The highest BCUT2D eigenvalue weighted by atomic mass is 16.5. The van der Waals surface area contributed by atoms with Crippen molar-refractivity contribution in [2.75, 3.05) is 19.0 Å². The molecule has 7 heteroatoms. The fraction of sp³-hybridized carbons (Fsp3) is 0.333. The predicted molar refractivity (Wildman–Crippen MR) is 107 cm³/mol. The fourth-order valence-corrected chi connectivity index (χ4v) is 2.47. The van der Waals surface area contributed by atoms with E-state index in [0.717, 1.165) is 11.3 Å². The standard InChI is InChI=1S/C21H26N2O5/c1-21(2,3)23-19(24)13-28-17-10-5-14(11-18(17)27-4)12-22-16-8-6-15(7-9-16)20(25)26/h5-11,22H,12-13H2,1-4H3,(H,23,24)(H,25,26). The number of carboxylic acid groups (broad SMARTS) is 1. The maximum absolute atomic E-state index is 11.9. The molecule has 2 aromatic carbocycles. The van der Waals surface area contributed by atoms with Gasteiger partial charge in [0, 0.05) is 17.8 Å². The van der Waals surface area contributed by atoms with Crippen LogP contribution in [0.15, 0.2) is 42.5 Å². The van der Waals surface area contributed by atoms with E-state index in [9.17, 15) is 9.59 Å². The number of hydrogen-bond donors (Lipinski definition) is 3. The Kier molecular flexibility index (Phi) is 6.87. The lowest BCUT2D eigenvalue weighted by molar-refractivity contribution is -0.124. The first-order chi connectivity index (χ1) is 13.2. The molecule has 2 rings (SSSR count). The lowest BCUT2D eigenvalue weighted by Gasteiger charge is -2.20. The van der Waals surface area contributed by atoms with Gasteiger partial charge in [-0.1, -0.05) is 6.07 Å². The number of carbonyl (C=O) groups excluding carboxylic acids is 1. The maximum atomic E-state index is 11.9. The minimum Gasteiger partial charge on any atom is -0.493 e. The van der Waals surface area contributed by atoms with Gasteiger partial charge in [0.15, 0.2) is 18.1 Å². The van der Waals surface area contributed by atoms with E-state index in [2.05, 4.69) is 10.6 Å². The van der Waals surface area contributed by atoms with Crippen molar-refractivity contribution in [3.63, 3.8) is 0 Å². The Labute approximate surface area is 164 Å². The number of carboxylic acids is 1. The first kappa shape index (κ1) is 21.1. The number of benzene rings is 2. The van der Waals surface area contributed by atoms with Crippen LogP contribution in [0, 0.1) is 0 Å². The monoisotopic (exact) mass is 386 g/mol. The summed E-state index contributed by atoms with van der Waals surface area (Å²) in [6, 6.07) is 12.0. The number of rotatable bonds is 8. The van der Waals surface area contributed by atoms with Gasteiger partial charge >= 0.3 is 5.97 Å². The zero-order valence-electron chi connectivity index (χ0n) is 16.5. The molecule has 0 aliphatic heterocycles. The van der Waals surface area contributed by atoms with Gasteiger partial charge in [0.2, 0.25) is 0 Å². The van der Waals surface area contributed by atoms with Crippen molar-refractivity contribution in [3.8, 4) is 11.5 Å². The molecule has 0 unspecified atom stereocenters. The van der Waals surface area contributed by atoms with E-state index >= 15 is 0 Å². The van der Waals surface area contributed by atoms with E-state index in [1.165, 1.54) is 0 Å². The Morgan fingerprint density at radius 2 is 1.71 bits per heavy atom.